The van der Waals surface area contributed by atoms with E-state index in [1.165, 1.54) is 0 Å². The van der Waals surface area contributed by atoms with Gasteiger partial charge in [0.25, 0.3) is 0 Å². The fraction of sp³-hybridized carbons (Fsp3) is 0.308. The number of hydrogen-bond donors (Lipinski definition) is 1. The molecule has 16 heavy (non-hydrogen) atoms. The molecule has 0 aromatic heterocycles. The Balaban J connectivity index is 2.30. The number of carbonyl (C=O) groups excluding carboxylic acids is 1. The molecule has 1 heterocycles. The van der Waals surface area contributed by atoms with Gasteiger partial charge in [0.05, 0.1) is 0 Å². The predicted octanol–water partition coefficient (Wildman–Crippen LogP) is 2.24. The van der Waals surface area contributed by atoms with E-state index in [1.54, 1.807) is 17.0 Å². The highest BCUT2D eigenvalue weighted by Crippen LogP contribution is 2.29. The monoisotopic (exact) mass is 217 g/mol. The molecule has 1 aromatic rings. The normalized spacial score (nSPS) is 20.2. The van der Waals surface area contributed by atoms with Crippen LogP contribution in [0.2, 0.25) is 0 Å². The minimum atomic E-state index is 0.0925. The second-order valence-electron chi connectivity index (χ2n) is 4.23. The number of phenols is 1. The SMILES string of the molecule is C=CC1CC(=O)N(c2cc(C)cc(O)c2)C1. The quantitative estimate of drug-likeness (QED) is 0.772. The van der Waals surface area contributed by atoms with Crippen molar-refractivity contribution in [2.24, 2.45) is 5.92 Å². The van der Waals surface area contributed by atoms with Crippen molar-refractivity contribution >= 4 is 11.6 Å². The van der Waals surface area contributed by atoms with E-state index in [0.717, 1.165) is 11.3 Å². The van der Waals surface area contributed by atoms with Crippen LogP contribution < -0.4 is 4.90 Å². The molecule has 1 amide bonds. The number of rotatable bonds is 2. The third kappa shape index (κ3) is 1.94. The van der Waals surface area contributed by atoms with Gasteiger partial charge in [0.2, 0.25) is 5.91 Å². The summed E-state index contributed by atoms with van der Waals surface area (Å²) in [5.74, 6) is 0.509. The van der Waals surface area contributed by atoms with Crippen molar-refractivity contribution in [3.05, 3.63) is 36.4 Å². The van der Waals surface area contributed by atoms with Gasteiger partial charge < -0.3 is 10.0 Å². The van der Waals surface area contributed by atoms with E-state index < -0.39 is 0 Å². The highest BCUT2D eigenvalue weighted by atomic mass is 16.3. The van der Waals surface area contributed by atoms with Crippen LogP contribution in [0.15, 0.2) is 30.9 Å². The Morgan fingerprint density at radius 3 is 2.81 bits per heavy atom. The lowest BCUT2D eigenvalue weighted by Gasteiger charge is -2.17. The maximum absolute atomic E-state index is 11.8. The zero-order valence-electron chi connectivity index (χ0n) is 9.31. The Hall–Kier alpha value is -1.77. The van der Waals surface area contributed by atoms with Crippen molar-refractivity contribution in [2.45, 2.75) is 13.3 Å². The maximum atomic E-state index is 11.8. The molecule has 1 atom stereocenters. The minimum Gasteiger partial charge on any atom is -0.508 e. The van der Waals surface area contributed by atoms with Crippen LogP contribution in [0.1, 0.15) is 12.0 Å². The summed E-state index contributed by atoms with van der Waals surface area (Å²) in [5, 5.41) is 9.51. The highest BCUT2D eigenvalue weighted by molar-refractivity contribution is 5.96. The Bertz CT molecular complexity index is 419. The van der Waals surface area contributed by atoms with E-state index in [2.05, 4.69) is 6.58 Å². The Kier molecular flexibility index (Phi) is 2.69. The number of carbonyl (C=O) groups is 1. The molecule has 1 saturated heterocycles. The van der Waals surface area contributed by atoms with Crippen LogP contribution >= 0.6 is 0 Å². The van der Waals surface area contributed by atoms with E-state index >= 15 is 0 Å². The molecule has 1 N–H and O–H groups in total. The van der Waals surface area contributed by atoms with Crippen LogP contribution in [0.3, 0.4) is 0 Å². The van der Waals surface area contributed by atoms with E-state index in [-0.39, 0.29) is 17.6 Å². The molecule has 1 aromatic carbocycles. The van der Waals surface area contributed by atoms with Gasteiger partial charge in [-0.25, -0.2) is 0 Å². The van der Waals surface area contributed by atoms with Crippen molar-refractivity contribution in [3.8, 4) is 5.75 Å². The van der Waals surface area contributed by atoms with Crippen molar-refractivity contribution in [1.82, 2.24) is 0 Å². The van der Waals surface area contributed by atoms with Crippen molar-refractivity contribution < 1.29 is 9.90 Å². The molecule has 1 aliphatic rings. The smallest absolute Gasteiger partial charge is 0.227 e. The van der Waals surface area contributed by atoms with Crippen LogP contribution in [0.5, 0.6) is 5.75 Å². The summed E-state index contributed by atoms with van der Waals surface area (Å²) in [4.78, 5) is 13.5. The molecule has 0 aliphatic carbocycles. The lowest BCUT2D eigenvalue weighted by molar-refractivity contribution is -0.117. The number of hydrogen-bond acceptors (Lipinski definition) is 2. The first-order valence-corrected chi connectivity index (χ1v) is 5.33. The van der Waals surface area contributed by atoms with E-state index in [0.29, 0.717) is 13.0 Å². The van der Waals surface area contributed by atoms with Gasteiger partial charge in [-0.15, -0.1) is 6.58 Å². The topological polar surface area (TPSA) is 40.5 Å². The van der Waals surface area contributed by atoms with Crippen LogP contribution in [-0.4, -0.2) is 17.6 Å². The highest BCUT2D eigenvalue weighted by Gasteiger charge is 2.28. The van der Waals surface area contributed by atoms with Crippen molar-refractivity contribution in [2.75, 3.05) is 11.4 Å². The fourth-order valence-corrected chi connectivity index (χ4v) is 2.04. The van der Waals surface area contributed by atoms with Crippen LogP contribution in [0.4, 0.5) is 5.69 Å². The molecular weight excluding hydrogens is 202 g/mol. The minimum absolute atomic E-state index is 0.0925. The van der Waals surface area contributed by atoms with Crippen molar-refractivity contribution in [3.63, 3.8) is 0 Å². The zero-order chi connectivity index (χ0) is 11.7. The second-order valence-corrected chi connectivity index (χ2v) is 4.23. The van der Waals surface area contributed by atoms with Gasteiger partial charge in [0.15, 0.2) is 0 Å². The summed E-state index contributed by atoms with van der Waals surface area (Å²) in [6, 6.07) is 5.20. The van der Waals surface area contributed by atoms with Gasteiger partial charge in [0.1, 0.15) is 5.75 Å². The summed E-state index contributed by atoms with van der Waals surface area (Å²) in [7, 11) is 0. The van der Waals surface area contributed by atoms with Crippen LogP contribution in [0.25, 0.3) is 0 Å². The van der Waals surface area contributed by atoms with Crippen molar-refractivity contribution in [1.29, 1.82) is 0 Å². The van der Waals surface area contributed by atoms with Gasteiger partial charge in [-0.3, -0.25) is 4.79 Å². The molecule has 0 saturated carbocycles. The number of anilines is 1. The second kappa shape index (κ2) is 4.00. The van der Waals surface area contributed by atoms with Gasteiger partial charge in [0, 0.05) is 30.6 Å². The average molecular weight is 217 g/mol. The molecular formula is C13H15NO2. The lowest BCUT2D eigenvalue weighted by atomic mass is 10.1. The number of benzene rings is 1. The first-order valence-electron chi connectivity index (χ1n) is 5.33. The maximum Gasteiger partial charge on any atom is 0.227 e. The van der Waals surface area contributed by atoms with Gasteiger partial charge in [-0.05, 0) is 24.6 Å². The van der Waals surface area contributed by atoms with E-state index in [4.69, 9.17) is 0 Å². The molecule has 2 rings (SSSR count). The van der Waals surface area contributed by atoms with Gasteiger partial charge >= 0.3 is 0 Å². The number of amides is 1. The molecule has 1 aliphatic heterocycles. The standard InChI is InChI=1S/C13H15NO2/c1-3-10-6-13(16)14(8-10)11-4-9(2)5-12(15)7-11/h3-5,7,10,15H,1,6,8H2,2H3. The Labute approximate surface area is 95.0 Å². The summed E-state index contributed by atoms with van der Waals surface area (Å²) in [5.41, 5.74) is 1.72. The number of phenolic OH excluding ortho intramolecular Hbond substituents is 1. The molecule has 3 heteroatoms. The third-order valence-electron chi connectivity index (χ3n) is 2.85. The predicted molar refractivity (Wildman–Crippen MR) is 63.5 cm³/mol. The molecule has 1 unspecified atom stereocenters. The average Bonchev–Trinajstić information content (AvgIpc) is 2.58. The lowest BCUT2D eigenvalue weighted by Crippen LogP contribution is -2.24. The summed E-state index contributed by atoms with van der Waals surface area (Å²) < 4.78 is 0. The molecule has 0 spiro atoms. The summed E-state index contributed by atoms with van der Waals surface area (Å²) in [6.45, 7) is 6.27. The van der Waals surface area contributed by atoms with E-state index in [9.17, 15) is 9.90 Å². The Morgan fingerprint density at radius 2 is 2.25 bits per heavy atom. The molecule has 0 bridgehead atoms. The summed E-state index contributed by atoms with van der Waals surface area (Å²) in [6.07, 6.45) is 2.33. The zero-order valence-corrected chi connectivity index (χ0v) is 9.31. The first kappa shape index (κ1) is 10.7. The van der Waals surface area contributed by atoms with E-state index in [1.807, 2.05) is 19.1 Å². The van der Waals surface area contributed by atoms with Crippen LogP contribution in [-0.2, 0) is 4.79 Å². The largest absolute Gasteiger partial charge is 0.508 e. The fourth-order valence-electron chi connectivity index (χ4n) is 2.04. The molecule has 3 nitrogen and oxygen atoms in total. The summed E-state index contributed by atoms with van der Waals surface area (Å²) >= 11 is 0. The molecule has 0 radical (unpaired) electrons. The molecule has 84 valence electrons. The number of nitrogens with zero attached hydrogens (tertiary/aromatic N) is 1. The Morgan fingerprint density at radius 1 is 1.50 bits per heavy atom. The van der Waals surface area contributed by atoms with Crippen LogP contribution in [0, 0.1) is 12.8 Å². The van der Waals surface area contributed by atoms with Gasteiger partial charge in [-0.2, -0.15) is 0 Å². The molecule has 1 fully saturated rings. The number of aromatic hydroxyl groups is 1. The first-order chi connectivity index (χ1) is 7.60. The van der Waals surface area contributed by atoms with Gasteiger partial charge in [-0.1, -0.05) is 6.08 Å². The third-order valence-corrected chi connectivity index (χ3v) is 2.85. The number of aryl methyl sites for hydroxylation is 1.